The molecule has 0 saturated heterocycles. The molecule has 0 unspecified atom stereocenters. The van der Waals surface area contributed by atoms with Crippen molar-refractivity contribution in [2.45, 2.75) is 0 Å². The average Bonchev–Trinajstić information content (AvgIpc) is 2.90. The minimum Gasteiger partial charge on any atom is -0.478 e. The van der Waals surface area contributed by atoms with Gasteiger partial charge in [0.1, 0.15) is 13.2 Å². The molecule has 206 valence electrons. The molecule has 16 heteroatoms. The van der Waals surface area contributed by atoms with Gasteiger partial charge in [-0.3, -0.25) is 9.59 Å². The first-order valence-electron chi connectivity index (χ1n) is 9.46. The molecule has 0 atom stereocenters. The van der Waals surface area contributed by atoms with Crippen molar-refractivity contribution in [2.24, 2.45) is 0 Å². The topological polar surface area (TPSA) is 243 Å². The fourth-order valence-electron chi connectivity index (χ4n) is 1.11. The fraction of sp³-hybridized carbons (Fsp3) is 0.333. The summed E-state index contributed by atoms with van der Waals surface area (Å²) in [7, 11) is 3.43. The molecule has 0 spiro atoms. The quantitative estimate of drug-likeness (QED) is 0.132. The number of aliphatic hydroxyl groups is 2. The molecule has 0 aromatic heterocycles. The Balaban J connectivity index is -0.000000628. The maximum Gasteiger partial charge on any atom is 0.331 e. The number of methoxy groups -OCH3 is 3. The number of aliphatic hydroxyl groups excluding tert-OH is 2. The third-order valence-corrected chi connectivity index (χ3v) is 2.78. The summed E-state index contributed by atoms with van der Waals surface area (Å²) in [5, 5.41) is 23.6. The third kappa shape index (κ3) is 29.3. The first kappa shape index (κ1) is 36.9. The molecule has 0 rings (SSSR count). The van der Waals surface area contributed by atoms with Gasteiger partial charge in [0.25, 0.3) is 0 Å². The van der Waals surface area contributed by atoms with Crippen molar-refractivity contribution in [3.63, 3.8) is 0 Å². The van der Waals surface area contributed by atoms with Gasteiger partial charge in [0.15, 0.2) is 19.0 Å². The lowest BCUT2D eigenvalue weighted by Gasteiger charge is -2.02. The molecular formula is C21H26O16. The van der Waals surface area contributed by atoms with E-state index in [9.17, 15) is 38.4 Å². The van der Waals surface area contributed by atoms with E-state index in [1.165, 1.54) is 7.11 Å². The highest BCUT2D eigenvalue weighted by Gasteiger charge is 2.09. The molecule has 0 aromatic carbocycles. The number of esters is 5. The second kappa shape index (κ2) is 24.4. The molecule has 3 N–H and O–H groups in total. The lowest BCUT2D eigenvalue weighted by molar-refractivity contribution is -0.148. The van der Waals surface area contributed by atoms with Crippen LogP contribution >= 0.6 is 0 Å². The van der Waals surface area contributed by atoms with Gasteiger partial charge in [-0.2, -0.15) is 0 Å². The van der Waals surface area contributed by atoms with Crippen molar-refractivity contribution < 1.29 is 77.4 Å². The monoisotopic (exact) mass is 534 g/mol. The SMILES string of the molecule is COC(=O)/C=C/C(=O)O.COC(=O)/C=C/C(=O)OCC(=O)COC(=O)/C=C/C(=O)OC.O=C(CO)CO. The van der Waals surface area contributed by atoms with Crippen LogP contribution in [0.1, 0.15) is 0 Å². The van der Waals surface area contributed by atoms with E-state index >= 15 is 0 Å². The zero-order valence-electron chi connectivity index (χ0n) is 19.9. The van der Waals surface area contributed by atoms with Gasteiger partial charge < -0.3 is 39.0 Å². The Morgan fingerprint density at radius 1 is 0.514 bits per heavy atom. The molecule has 0 radical (unpaired) electrons. The zero-order chi connectivity index (χ0) is 29.2. The van der Waals surface area contributed by atoms with Crippen molar-refractivity contribution in [2.75, 3.05) is 47.8 Å². The van der Waals surface area contributed by atoms with Crippen molar-refractivity contribution in [3.05, 3.63) is 36.5 Å². The Morgan fingerprint density at radius 2 is 0.811 bits per heavy atom. The van der Waals surface area contributed by atoms with E-state index in [0.717, 1.165) is 44.6 Å². The van der Waals surface area contributed by atoms with E-state index in [4.69, 9.17) is 15.3 Å². The van der Waals surface area contributed by atoms with Crippen LogP contribution in [0.15, 0.2) is 36.5 Å². The molecule has 0 aliphatic heterocycles. The minimum atomic E-state index is -1.17. The van der Waals surface area contributed by atoms with Crippen molar-refractivity contribution >= 4 is 47.4 Å². The Bertz CT molecular complexity index is 831. The highest BCUT2D eigenvalue weighted by atomic mass is 16.6. The Morgan fingerprint density at radius 3 is 1.05 bits per heavy atom. The highest BCUT2D eigenvalue weighted by molar-refractivity contribution is 5.94. The minimum absolute atomic E-state index is 0.546. The van der Waals surface area contributed by atoms with E-state index in [1.807, 2.05) is 0 Å². The van der Waals surface area contributed by atoms with Gasteiger partial charge >= 0.3 is 35.8 Å². The smallest absolute Gasteiger partial charge is 0.331 e. The second-order valence-electron chi connectivity index (χ2n) is 5.52. The predicted molar refractivity (Wildman–Crippen MR) is 117 cm³/mol. The second-order valence-corrected chi connectivity index (χ2v) is 5.52. The summed E-state index contributed by atoms with van der Waals surface area (Å²) in [6.07, 6.45) is 4.76. The maximum absolute atomic E-state index is 11.3. The Labute approximate surface area is 209 Å². The largest absolute Gasteiger partial charge is 0.478 e. The van der Waals surface area contributed by atoms with Gasteiger partial charge in [-0.1, -0.05) is 0 Å². The van der Waals surface area contributed by atoms with Crippen LogP contribution in [0.25, 0.3) is 0 Å². The highest BCUT2D eigenvalue weighted by Crippen LogP contribution is 1.89. The van der Waals surface area contributed by atoms with Gasteiger partial charge in [-0.05, 0) is 0 Å². The summed E-state index contributed by atoms with van der Waals surface area (Å²) in [6.45, 7) is -2.40. The van der Waals surface area contributed by atoms with Gasteiger partial charge in [-0.25, -0.2) is 28.8 Å². The summed E-state index contributed by atoms with van der Waals surface area (Å²) in [5.74, 6) is -6.46. The first-order chi connectivity index (χ1) is 17.4. The van der Waals surface area contributed by atoms with Gasteiger partial charge in [0.05, 0.1) is 21.3 Å². The summed E-state index contributed by atoms with van der Waals surface area (Å²) in [6, 6.07) is 0. The zero-order valence-corrected chi connectivity index (χ0v) is 19.9. The first-order valence-corrected chi connectivity index (χ1v) is 9.46. The summed E-state index contributed by atoms with van der Waals surface area (Å²) >= 11 is 0. The van der Waals surface area contributed by atoms with E-state index in [0.29, 0.717) is 6.08 Å². The number of carbonyl (C=O) groups excluding carboxylic acids is 7. The average molecular weight is 534 g/mol. The van der Waals surface area contributed by atoms with Gasteiger partial charge in [0, 0.05) is 36.5 Å². The van der Waals surface area contributed by atoms with Crippen molar-refractivity contribution in [1.29, 1.82) is 0 Å². The van der Waals surface area contributed by atoms with Gasteiger partial charge in [0.2, 0.25) is 5.78 Å². The van der Waals surface area contributed by atoms with Crippen LogP contribution in [0.2, 0.25) is 0 Å². The van der Waals surface area contributed by atoms with Crippen LogP contribution in [0.5, 0.6) is 0 Å². The summed E-state index contributed by atoms with van der Waals surface area (Å²) in [4.78, 5) is 84.3. The molecule has 0 saturated carbocycles. The number of carboxylic acids is 1. The van der Waals surface area contributed by atoms with E-state index in [2.05, 4.69) is 23.7 Å². The number of hydrogen-bond acceptors (Lipinski definition) is 15. The number of hydrogen-bond donors (Lipinski definition) is 3. The van der Waals surface area contributed by atoms with Crippen LogP contribution in [-0.4, -0.2) is 110 Å². The van der Waals surface area contributed by atoms with Crippen LogP contribution in [-0.2, 0) is 62.0 Å². The van der Waals surface area contributed by atoms with E-state index in [-0.39, 0.29) is 0 Å². The molecule has 0 aliphatic rings. The molecule has 37 heavy (non-hydrogen) atoms. The number of rotatable bonds is 12. The van der Waals surface area contributed by atoms with E-state index < -0.39 is 73.8 Å². The Hall–Kier alpha value is -4.70. The number of aliphatic carboxylic acids is 1. The molecule has 0 heterocycles. The molecule has 0 amide bonds. The molecule has 0 aromatic rings. The standard InChI is InChI=1S/C13H14O9.C5H6O4.C3H6O3/c1-19-10(15)3-5-12(17)21-7-9(14)8-22-13(18)6-4-11(16)20-2;1-9-5(8)3-2-4(6)7;4-1-3(6)2-5/h3-6H,7-8H2,1-2H3;2-3H,1H3,(H,6,7);4-5H,1-2H2/b5-3+,6-4+;3-2+;. The maximum atomic E-state index is 11.3. The molecule has 0 aliphatic carbocycles. The fourth-order valence-corrected chi connectivity index (χ4v) is 1.11. The lowest BCUT2D eigenvalue weighted by atomic mass is 10.4. The number of ketones is 2. The van der Waals surface area contributed by atoms with Gasteiger partial charge in [-0.15, -0.1) is 0 Å². The number of ether oxygens (including phenoxy) is 5. The molecular weight excluding hydrogens is 508 g/mol. The molecule has 0 fully saturated rings. The summed E-state index contributed by atoms with van der Waals surface area (Å²) < 4.78 is 21.6. The lowest BCUT2D eigenvalue weighted by Crippen LogP contribution is -2.19. The molecule has 16 nitrogen and oxygen atoms in total. The van der Waals surface area contributed by atoms with Crippen molar-refractivity contribution in [1.82, 2.24) is 0 Å². The summed E-state index contributed by atoms with van der Waals surface area (Å²) in [5.41, 5.74) is 0. The predicted octanol–water partition coefficient (Wildman–Crippen LogP) is -2.56. The number of carboxylic acid groups (broad SMARTS) is 1. The van der Waals surface area contributed by atoms with Crippen LogP contribution < -0.4 is 0 Å². The number of carbonyl (C=O) groups is 8. The van der Waals surface area contributed by atoms with Crippen molar-refractivity contribution in [3.8, 4) is 0 Å². The Kier molecular flexibility index (Phi) is 24.3. The number of Topliss-reactive ketones (excluding diaryl/α,β-unsaturated/α-hetero) is 2. The normalized spacial score (nSPS) is 9.76. The molecule has 0 bridgehead atoms. The van der Waals surface area contributed by atoms with E-state index in [1.54, 1.807) is 0 Å². The van der Waals surface area contributed by atoms with Crippen LogP contribution in [0.4, 0.5) is 0 Å². The third-order valence-electron chi connectivity index (χ3n) is 2.78. The van der Waals surface area contributed by atoms with Crippen LogP contribution in [0, 0.1) is 0 Å². The van der Waals surface area contributed by atoms with Crippen LogP contribution in [0.3, 0.4) is 0 Å².